The van der Waals surface area contributed by atoms with Crippen molar-refractivity contribution in [2.45, 2.75) is 45.3 Å². The molecule has 108 valence electrons. The Morgan fingerprint density at radius 2 is 1.79 bits per heavy atom. The molecule has 0 aromatic heterocycles. The van der Waals surface area contributed by atoms with Gasteiger partial charge in [0.2, 0.25) is 0 Å². The second kappa shape index (κ2) is 6.37. The van der Waals surface area contributed by atoms with Crippen molar-refractivity contribution < 1.29 is 17.6 Å². The van der Waals surface area contributed by atoms with E-state index in [0.29, 0.717) is 17.9 Å². The van der Waals surface area contributed by atoms with Crippen molar-refractivity contribution >= 4 is 0 Å². The van der Waals surface area contributed by atoms with Gasteiger partial charge in [0.25, 0.3) is 0 Å². The van der Waals surface area contributed by atoms with Crippen LogP contribution in [-0.2, 0) is 6.18 Å². The minimum atomic E-state index is -4.68. The molecule has 0 heterocycles. The zero-order valence-corrected chi connectivity index (χ0v) is 11.1. The number of nitrogens with two attached hydrogens (primary N) is 1. The second-order valence-electron chi connectivity index (χ2n) is 5.17. The van der Waals surface area contributed by atoms with Crippen molar-refractivity contribution in [3.8, 4) is 0 Å². The van der Waals surface area contributed by atoms with E-state index in [0.717, 1.165) is 25.0 Å². The maximum absolute atomic E-state index is 13.1. The summed E-state index contributed by atoms with van der Waals surface area (Å²) < 4.78 is 50.8. The standard InChI is InChI=1S/C14H19F4N/c1-9(2)4-3-5-13(19)10-6-7-12(15)11(8-10)14(16,17)18/h6-9,13H,3-5,19H2,1-2H3. The monoisotopic (exact) mass is 277 g/mol. The maximum atomic E-state index is 13.1. The minimum absolute atomic E-state index is 0.331. The van der Waals surface area contributed by atoms with Gasteiger partial charge in [-0.3, -0.25) is 0 Å². The van der Waals surface area contributed by atoms with Crippen LogP contribution in [0.4, 0.5) is 17.6 Å². The number of hydrogen-bond donors (Lipinski definition) is 1. The van der Waals surface area contributed by atoms with Crippen LogP contribution in [0.15, 0.2) is 18.2 Å². The first kappa shape index (κ1) is 16.0. The Hall–Kier alpha value is -1.10. The van der Waals surface area contributed by atoms with Gasteiger partial charge in [-0.15, -0.1) is 0 Å². The number of alkyl halides is 3. The van der Waals surface area contributed by atoms with Gasteiger partial charge < -0.3 is 5.73 Å². The van der Waals surface area contributed by atoms with Gasteiger partial charge in [-0.1, -0.05) is 32.8 Å². The fourth-order valence-corrected chi connectivity index (χ4v) is 1.90. The van der Waals surface area contributed by atoms with Crippen LogP contribution in [-0.4, -0.2) is 0 Å². The van der Waals surface area contributed by atoms with Crippen LogP contribution in [0.5, 0.6) is 0 Å². The van der Waals surface area contributed by atoms with Crippen LogP contribution in [0.2, 0.25) is 0 Å². The van der Waals surface area contributed by atoms with Crippen molar-refractivity contribution in [1.29, 1.82) is 0 Å². The van der Waals surface area contributed by atoms with Gasteiger partial charge in [-0.05, 0) is 30.0 Å². The highest BCUT2D eigenvalue weighted by Gasteiger charge is 2.34. The first-order chi connectivity index (χ1) is 8.71. The summed E-state index contributed by atoms with van der Waals surface area (Å²) in [6.45, 7) is 4.15. The molecule has 0 fully saturated rings. The number of rotatable bonds is 5. The molecule has 5 heteroatoms. The molecular weight excluding hydrogens is 258 g/mol. The molecule has 1 nitrogen and oxygen atoms in total. The fraction of sp³-hybridized carbons (Fsp3) is 0.571. The first-order valence-corrected chi connectivity index (χ1v) is 6.34. The Morgan fingerprint density at radius 3 is 2.32 bits per heavy atom. The lowest BCUT2D eigenvalue weighted by molar-refractivity contribution is -0.140. The summed E-state index contributed by atoms with van der Waals surface area (Å²) >= 11 is 0. The summed E-state index contributed by atoms with van der Waals surface area (Å²) in [5.41, 5.74) is 4.94. The van der Waals surface area contributed by atoms with Crippen LogP contribution in [0.25, 0.3) is 0 Å². The number of hydrogen-bond acceptors (Lipinski definition) is 1. The lowest BCUT2D eigenvalue weighted by Crippen LogP contribution is -2.14. The summed E-state index contributed by atoms with van der Waals surface area (Å²) in [6, 6.07) is 2.49. The van der Waals surface area contributed by atoms with Crippen LogP contribution in [0, 0.1) is 11.7 Å². The Kier molecular flexibility index (Phi) is 5.35. The molecule has 0 aliphatic carbocycles. The molecule has 2 N–H and O–H groups in total. The molecule has 0 amide bonds. The molecule has 1 atom stereocenters. The molecule has 0 radical (unpaired) electrons. The quantitative estimate of drug-likeness (QED) is 0.777. The summed E-state index contributed by atoms with van der Waals surface area (Å²) in [5, 5.41) is 0. The topological polar surface area (TPSA) is 26.0 Å². The molecule has 0 aliphatic rings. The van der Waals surface area contributed by atoms with Crippen LogP contribution in [0.1, 0.15) is 50.3 Å². The number of halogens is 4. The van der Waals surface area contributed by atoms with Crippen molar-refractivity contribution in [2.24, 2.45) is 11.7 Å². The van der Waals surface area contributed by atoms with E-state index < -0.39 is 23.6 Å². The van der Waals surface area contributed by atoms with Gasteiger partial charge in [0.15, 0.2) is 0 Å². The maximum Gasteiger partial charge on any atom is 0.419 e. The van der Waals surface area contributed by atoms with Gasteiger partial charge in [0.1, 0.15) is 5.82 Å². The van der Waals surface area contributed by atoms with E-state index in [1.54, 1.807) is 0 Å². The second-order valence-corrected chi connectivity index (χ2v) is 5.17. The highest BCUT2D eigenvalue weighted by atomic mass is 19.4. The molecule has 0 saturated heterocycles. The third kappa shape index (κ3) is 4.82. The molecule has 0 aliphatic heterocycles. The van der Waals surface area contributed by atoms with Crippen molar-refractivity contribution in [3.63, 3.8) is 0 Å². The predicted octanol–water partition coefficient (Wildman–Crippen LogP) is 4.67. The smallest absolute Gasteiger partial charge is 0.324 e. The van der Waals surface area contributed by atoms with Gasteiger partial charge in [0.05, 0.1) is 5.56 Å². The van der Waals surface area contributed by atoms with Crippen molar-refractivity contribution in [2.75, 3.05) is 0 Å². The van der Waals surface area contributed by atoms with Crippen molar-refractivity contribution in [1.82, 2.24) is 0 Å². The van der Waals surface area contributed by atoms with E-state index in [2.05, 4.69) is 13.8 Å². The first-order valence-electron chi connectivity index (χ1n) is 6.34. The average molecular weight is 277 g/mol. The minimum Gasteiger partial charge on any atom is -0.324 e. The summed E-state index contributed by atoms with van der Waals surface area (Å²) in [5.74, 6) is -0.725. The van der Waals surface area contributed by atoms with E-state index in [1.807, 2.05) is 0 Å². The Morgan fingerprint density at radius 1 is 1.16 bits per heavy atom. The van der Waals surface area contributed by atoms with Crippen LogP contribution in [0.3, 0.4) is 0 Å². The van der Waals surface area contributed by atoms with E-state index in [-0.39, 0.29) is 0 Å². The van der Waals surface area contributed by atoms with Gasteiger partial charge in [0, 0.05) is 6.04 Å². The molecule has 1 aromatic rings. The molecule has 1 rings (SSSR count). The molecule has 0 spiro atoms. The Labute approximate surface area is 110 Å². The van der Waals surface area contributed by atoms with Crippen LogP contribution < -0.4 is 5.73 Å². The molecule has 0 saturated carbocycles. The summed E-state index contributed by atoms with van der Waals surface area (Å²) in [7, 11) is 0. The Balaban J connectivity index is 2.78. The zero-order valence-electron chi connectivity index (χ0n) is 11.1. The largest absolute Gasteiger partial charge is 0.419 e. The molecule has 19 heavy (non-hydrogen) atoms. The summed E-state index contributed by atoms with van der Waals surface area (Å²) in [4.78, 5) is 0. The van der Waals surface area contributed by atoms with Gasteiger partial charge in [-0.25, -0.2) is 4.39 Å². The van der Waals surface area contributed by atoms with Crippen LogP contribution >= 0.6 is 0 Å². The molecule has 1 unspecified atom stereocenters. The summed E-state index contributed by atoms with van der Waals surface area (Å²) in [6.07, 6.45) is -2.27. The SMILES string of the molecule is CC(C)CCCC(N)c1ccc(F)c(C(F)(F)F)c1. The van der Waals surface area contributed by atoms with E-state index in [4.69, 9.17) is 5.73 Å². The predicted molar refractivity (Wildman–Crippen MR) is 67.0 cm³/mol. The third-order valence-corrected chi connectivity index (χ3v) is 3.02. The van der Waals surface area contributed by atoms with E-state index in [9.17, 15) is 17.6 Å². The lowest BCUT2D eigenvalue weighted by atomic mass is 9.97. The van der Waals surface area contributed by atoms with Gasteiger partial charge >= 0.3 is 6.18 Å². The molecule has 1 aromatic carbocycles. The highest BCUT2D eigenvalue weighted by Crippen LogP contribution is 2.33. The average Bonchev–Trinajstić information content (AvgIpc) is 2.27. The van der Waals surface area contributed by atoms with Gasteiger partial charge in [-0.2, -0.15) is 13.2 Å². The van der Waals surface area contributed by atoms with E-state index in [1.165, 1.54) is 6.07 Å². The molecular formula is C14H19F4N. The van der Waals surface area contributed by atoms with E-state index >= 15 is 0 Å². The molecule has 0 bridgehead atoms. The third-order valence-electron chi connectivity index (χ3n) is 3.02. The lowest BCUT2D eigenvalue weighted by Gasteiger charge is -2.15. The zero-order chi connectivity index (χ0) is 14.6. The van der Waals surface area contributed by atoms with Crippen molar-refractivity contribution in [3.05, 3.63) is 35.1 Å². The normalized spacial score (nSPS) is 13.9. The Bertz CT molecular complexity index is 412. The fourth-order valence-electron chi connectivity index (χ4n) is 1.90. The number of benzene rings is 1. The highest BCUT2D eigenvalue weighted by molar-refractivity contribution is 5.29.